The molecule has 1 atom stereocenters. The normalized spacial score (nSPS) is 16.8. The highest BCUT2D eigenvalue weighted by Crippen LogP contribution is 2.21. The molecule has 0 radical (unpaired) electrons. The van der Waals surface area contributed by atoms with Gasteiger partial charge in [-0.1, -0.05) is 18.2 Å². The van der Waals surface area contributed by atoms with E-state index in [1.165, 1.54) is 6.07 Å². The van der Waals surface area contributed by atoms with Gasteiger partial charge in [0.05, 0.1) is 17.9 Å². The van der Waals surface area contributed by atoms with Crippen LogP contribution >= 0.6 is 0 Å². The Bertz CT molecular complexity index is 835. The molecule has 1 fully saturated rings. The molecule has 1 saturated heterocycles. The van der Waals surface area contributed by atoms with E-state index in [0.717, 1.165) is 24.2 Å². The zero-order chi connectivity index (χ0) is 19.4. The third kappa shape index (κ3) is 4.78. The Morgan fingerprint density at radius 2 is 2.00 bits per heavy atom. The van der Waals surface area contributed by atoms with Crippen LogP contribution in [0.25, 0.3) is 0 Å². The van der Waals surface area contributed by atoms with Gasteiger partial charge in [0, 0.05) is 29.6 Å². The molecule has 142 valence electrons. The third-order valence-corrected chi connectivity index (χ3v) is 4.49. The minimum Gasteiger partial charge on any atom is -0.458 e. The summed E-state index contributed by atoms with van der Waals surface area (Å²) in [6.45, 7) is 4.80. The molecule has 1 aromatic carbocycles. The molecule has 1 amide bonds. The number of rotatable bonds is 5. The van der Waals surface area contributed by atoms with Gasteiger partial charge in [-0.3, -0.25) is 14.9 Å². The lowest BCUT2D eigenvalue weighted by Crippen LogP contribution is -2.45. The first kappa shape index (κ1) is 18.8. The molecule has 1 unspecified atom stereocenters. The van der Waals surface area contributed by atoms with Crippen LogP contribution in [0.5, 0.6) is 6.01 Å². The highest BCUT2D eigenvalue weighted by Gasteiger charge is 2.27. The molecule has 1 aromatic heterocycles. The predicted molar refractivity (Wildman–Crippen MR) is 98.5 cm³/mol. The number of piperidine rings is 1. The van der Waals surface area contributed by atoms with Crippen LogP contribution in [-0.4, -0.2) is 44.9 Å². The molecule has 0 aliphatic carbocycles. The van der Waals surface area contributed by atoms with Crippen molar-refractivity contribution in [1.29, 1.82) is 0 Å². The van der Waals surface area contributed by atoms with Crippen LogP contribution in [0.15, 0.2) is 30.3 Å². The maximum absolute atomic E-state index is 12.7. The topological polar surface area (TPSA) is 98.5 Å². The molecule has 8 heteroatoms. The second kappa shape index (κ2) is 8.11. The summed E-state index contributed by atoms with van der Waals surface area (Å²) in [6.07, 6.45) is 1.43. The molecule has 27 heavy (non-hydrogen) atoms. The van der Waals surface area contributed by atoms with E-state index >= 15 is 0 Å². The number of nitrogens with zero attached hydrogens (tertiary/aromatic N) is 4. The Morgan fingerprint density at radius 3 is 2.70 bits per heavy atom. The molecule has 2 aromatic rings. The van der Waals surface area contributed by atoms with E-state index in [1.807, 2.05) is 19.9 Å². The van der Waals surface area contributed by atoms with Crippen molar-refractivity contribution < 1.29 is 14.5 Å². The first-order chi connectivity index (χ1) is 12.9. The molecule has 0 spiro atoms. The molecule has 0 saturated carbocycles. The van der Waals surface area contributed by atoms with Crippen molar-refractivity contribution in [1.82, 2.24) is 14.9 Å². The van der Waals surface area contributed by atoms with Gasteiger partial charge in [-0.25, -0.2) is 9.97 Å². The van der Waals surface area contributed by atoms with E-state index in [4.69, 9.17) is 4.74 Å². The predicted octanol–water partition coefficient (Wildman–Crippen LogP) is 2.61. The van der Waals surface area contributed by atoms with Crippen LogP contribution in [0.1, 0.15) is 29.8 Å². The average molecular weight is 370 g/mol. The summed E-state index contributed by atoms with van der Waals surface area (Å²) in [5.41, 5.74) is 2.06. The van der Waals surface area contributed by atoms with Gasteiger partial charge in [-0.2, -0.15) is 0 Å². The molecule has 0 N–H and O–H groups in total. The Morgan fingerprint density at radius 1 is 1.30 bits per heavy atom. The first-order valence-electron chi connectivity index (χ1n) is 8.91. The summed E-state index contributed by atoms with van der Waals surface area (Å²) >= 11 is 0. The van der Waals surface area contributed by atoms with Crippen molar-refractivity contribution in [2.24, 2.45) is 0 Å². The van der Waals surface area contributed by atoms with Crippen molar-refractivity contribution in [3.63, 3.8) is 0 Å². The number of nitro benzene ring substituents is 1. The number of carbonyl (C=O) groups is 1. The Kier molecular flexibility index (Phi) is 5.63. The summed E-state index contributed by atoms with van der Waals surface area (Å²) < 4.78 is 5.89. The largest absolute Gasteiger partial charge is 0.458 e. The van der Waals surface area contributed by atoms with Gasteiger partial charge < -0.3 is 9.64 Å². The highest BCUT2D eigenvalue weighted by molar-refractivity contribution is 5.80. The van der Waals surface area contributed by atoms with Gasteiger partial charge in [0.15, 0.2) is 0 Å². The van der Waals surface area contributed by atoms with Crippen LogP contribution in [0.2, 0.25) is 0 Å². The number of aromatic nitrogens is 2. The number of ether oxygens (including phenoxy) is 1. The van der Waals surface area contributed by atoms with Gasteiger partial charge in [-0.05, 0) is 32.8 Å². The lowest BCUT2D eigenvalue weighted by atomic mass is 10.1. The van der Waals surface area contributed by atoms with E-state index in [0.29, 0.717) is 24.7 Å². The number of hydrogen-bond donors (Lipinski definition) is 0. The fourth-order valence-corrected chi connectivity index (χ4v) is 3.27. The third-order valence-electron chi connectivity index (χ3n) is 4.49. The number of carbonyl (C=O) groups excluding carboxylic acids is 1. The second-order valence-corrected chi connectivity index (χ2v) is 6.72. The van der Waals surface area contributed by atoms with Gasteiger partial charge in [0.1, 0.15) is 6.10 Å². The van der Waals surface area contributed by atoms with E-state index in [1.54, 1.807) is 23.1 Å². The Labute approximate surface area is 157 Å². The molecular weight excluding hydrogens is 348 g/mol. The Hall–Kier alpha value is -3.03. The molecule has 3 rings (SSSR count). The Balaban J connectivity index is 1.65. The molecule has 8 nitrogen and oxygen atoms in total. The number of likely N-dealkylation sites (tertiary alicyclic amines) is 1. The van der Waals surface area contributed by atoms with Crippen LogP contribution in [-0.2, 0) is 11.2 Å². The van der Waals surface area contributed by atoms with Gasteiger partial charge >= 0.3 is 6.01 Å². The summed E-state index contributed by atoms with van der Waals surface area (Å²) in [4.78, 5) is 33.6. The number of nitro groups is 1. The fraction of sp³-hybridized carbons (Fsp3) is 0.421. The van der Waals surface area contributed by atoms with Crippen molar-refractivity contribution in [3.05, 3.63) is 57.4 Å². The first-order valence-corrected chi connectivity index (χ1v) is 8.91. The molecule has 1 aliphatic heterocycles. The summed E-state index contributed by atoms with van der Waals surface area (Å²) in [7, 11) is 0. The second-order valence-electron chi connectivity index (χ2n) is 6.72. The van der Waals surface area contributed by atoms with Crippen molar-refractivity contribution >= 4 is 11.6 Å². The molecular formula is C19H22N4O4. The smallest absolute Gasteiger partial charge is 0.317 e. The molecule has 1 aliphatic rings. The van der Waals surface area contributed by atoms with Crippen LogP contribution in [0.3, 0.4) is 0 Å². The minimum absolute atomic E-state index is 0.00390. The quantitative estimate of drug-likeness (QED) is 0.593. The van der Waals surface area contributed by atoms with Crippen LogP contribution < -0.4 is 4.74 Å². The maximum Gasteiger partial charge on any atom is 0.317 e. The lowest BCUT2D eigenvalue weighted by molar-refractivity contribution is -0.385. The minimum atomic E-state index is -0.456. The molecule has 0 bridgehead atoms. The van der Waals surface area contributed by atoms with Gasteiger partial charge in [0.2, 0.25) is 5.91 Å². The fourth-order valence-electron chi connectivity index (χ4n) is 3.27. The number of amides is 1. The van der Waals surface area contributed by atoms with E-state index in [9.17, 15) is 14.9 Å². The maximum atomic E-state index is 12.7. The average Bonchev–Trinajstić information content (AvgIpc) is 2.61. The van der Waals surface area contributed by atoms with Crippen molar-refractivity contribution in [3.8, 4) is 6.01 Å². The monoisotopic (exact) mass is 370 g/mol. The number of para-hydroxylation sites is 1. The summed E-state index contributed by atoms with van der Waals surface area (Å²) in [5.74, 6) is -0.140. The SMILES string of the molecule is Cc1cc(C)nc(OC2CCCN(C(=O)Cc3ccccc3[N+](=O)[O-])C2)n1. The van der Waals surface area contributed by atoms with Gasteiger partial charge in [0.25, 0.3) is 5.69 Å². The van der Waals surface area contributed by atoms with E-state index in [2.05, 4.69) is 9.97 Å². The standard InChI is InChI=1S/C19H22N4O4/c1-13-10-14(2)21-19(20-13)27-16-7-5-9-22(12-16)18(24)11-15-6-3-4-8-17(15)23(25)26/h3-4,6,8,10,16H,5,7,9,11-12H2,1-2H3. The number of benzene rings is 1. The van der Waals surface area contributed by atoms with Crippen LogP contribution in [0.4, 0.5) is 5.69 Å². The highest BCUT2D eigenvalue weighted by atomic mass is 16.6. The zero-order valence-electron chi connectivity index (χ0n) is 15.4. The van der Waals surface area contributed by atoms with Crippen molar-refractivity contribution in [2.75, 3.05) is 13.1 Å². The van der Waals surface area contributed by atoms with Crippen LogP contribution in [0, 0.1) is 24.0 Å². The number of aryl methyl sites for hydroxylation is 2. The van der Waals surface area contributed by atoms with Crippen molar-refractivity contribution in [2.45, 2.75) is 39.2 Å². The summed E-state index contributed by atoms with van der Waals surface area (Å²) in [5, 5.41) is 11.1. The molecule has 2 heterocycles. The van der Waals surface area contributed by atoms with Gasteiger partial charge in [-0.15, -0.1) is 0 Å². The van der Waals surface area contributed by atoms with E-state index < -0.39 is 4.92 Å². The lowest BCUT2D eigenvalue weighted by Gasteiger charge is -2.32. The van der Waals surface area contributed by atoms with E-state index in [-0.39, 0.29) is 24.1 Å². The summed E-state index contributed by atoms with van der Waals surface area (Å²) in [6, 6.07) is 8.54. The number of hydrogen-bond acceptors (Lipinski definition) is 6. The zero-order valence-corrected chi connectivity index (χ0v) is 15.4.